The van der Waals surface area contributed by atoms with Gasteiger partial charge in [0, 0.05) is 40.6 Å². The number of para-hydroxylation sites is 1. The van der Waals surface area contributed by atoms with Gasteiger partial charge in [0.1, 0.15) is 6.54 Å². The van der Waals surface area contributed by atoms with Gasteiger partial charge in [-0.2, -0.15) is 0 Å². The fraction of sp³-hybridized carbons (Fsp3) is 0.152. The first kappa shape index (κ1) is 25.0. The van der Waals surface area contributed by atoms with Crippen LogP contribution in [0.25, 0.3) is 22.2 Å². The number of fused-ring (bicyclic) bond motifs is 2. The second-order valence-electron chi connectivity index (χ2n) is 9.85. The average molecular weight is 534 g/mol. The first-order chi connectivity index (χ1) is 19.0. The van der Waals surface area contributed by atoms with Crippen LogP contribution < -0.4 is 5.32 Å². The molecular weight excluding hydrogens is 506 g/mol. The number of amides is 2. The maximum Gasteiger partial charge on any atom is 0.255 e. The van der Waals surface area contributed by atoms with Crippen molar-refractivity contribution in [1.29, 1.82) is 0 Å². The number of rotatable bonds is 7. The number of hydrogen-bond acceptors (Lipinski definition) is 2. The summed E-state index contributed by atoms with van der Waals surface area (Å²) in [7, 11) is 2.06. The van der Waals surface area contributed by atoms with Crippen LogP contribution in [0, 0.1) is 0 Å². The normalized spacial score (nSPS) is 14.6. The van der Waals surface area contributed by atoms with Crippen molar-refractivity contribution in [2.75, 3.05) is 13.1 Å². The summed E-state index contributed by atoms with van der Waals surface area (Å²) < 4.78 is 2.19. The molecule has 2 heterocycles. The highest BCUT2D eigenvalue weighted by Gasteiger charge is 2.41. The number of aryl methyl sites for hydroxylation is 1. The second-order valence-corrected chi connectivity index (χ2v) is 10.3. The summed E-state index contributed by atoms with van der Waals surface area (Å²) in [6.45, 7) is 0.444. The minimum absolute atomic E-state index is 0.0315. The monoisotopic (exact) mass is 533 g/mol. The Morgan fingerprint density at radius 3 is 2.36 bits per heavy atom. The predicted molar refractivity (Wildman–Crippen MR) is 156 cm³/mol. The van der Waals surface area contributed by atoms with E-state index >= 15 is 0 Å². The molecule has 5 aromatic rings. The van der Waals surface area contributed by atoms with E-state index in [1.807, 2.05) is 78.9 Å². The Morgan fingerprint density at radius 1 is 0.872 bits per heavy atom. The molecule has 5 nitrogen and oxygen atoms in total. The molecule has 0 saturated heterocycles. The van der Waals surface area contributed by atoms with E-state index in [4.69, 9.17) is 11.6 Å². The van der Waals surface area contributed by atoms with Crippen molar-refractivity contribution in [1.82, 2.24) is 14.8 Å². The van der Waals surface area contributed by atoms with Crippen LogP contribution in [0.5, 0.6) is 0 Å². The summed E-state index contributed by atoms with van der Waals surface area (Å²) in [6.07, 6.45) is 0.683. The van der Waals surface area contributed by atoms with Crippen molar-refractivity contribution >= 4 is 34.3 Å². The van der Waals surface area contributed by atoms with Gasteiger partial charge in [0.25, 0.3) is 5.91 Å². The second kappa shape index (κ2) is 10.4. The Hall–Kier alpha value is -4.35. The lowest BCUT2D eigenvalue weighted by molar-refractivity contribution is -0.122. The zero-order valence-corrected chi connectivity index (χ0v) is 22.4. The van der Waals surface area contributed by atoms with E-state index in [1.165, 1.54) is 0 Å². The van der Waals surface area contributed by atoms with Gasteiger partial charge in [0.2, 0.25) is 5.91 Å². The van der Waals surface area contributed by atoms with Crippen molar-refractivity contribution in [3.05, 3.63) is 130 Å². The van der Waals surface area contributed by atoms with Crippen LogP contribution in [0.3, 0.4) is 0 Å². The van der Waals surface area contributed by atoms with Crippen LogP contribution in [0.15, 0.2) is 103 Å². The highest BCUT2D eigenvalue weighted by molar-refractivity contribution is 6.30. The Kier molecular flexibility index (Phi) is 6.67. The molecule has 1 unspecified atom stereocenters. The van der Waals surface area contributed by atoms with Crippen molar-refractivity contribution in [3.8, 4) is 11.3 Å². The van der Waals surface area contributed by atoms with Crippen LogP contribution in [0.4, 0.5) is 0 Å². The van der Waals surface area contributed by atoms with E-state index in [9.17, 15) is 9.59 Å². The summed E-state index contributed by atoms with van der Waals surface area (Å²) in [4.78, 5) is 28.7. The number of nitrogens with one attached hydrogen (secondary N) is 1. The predicted octanol–water partition coefficient (Wildman–Crippen LogP) is 6.40. The maximum absolute atomic E-state index is 13.8. The number of benzene rings is 4. The minimum atomic E-state index is -0.392. The number of carbonyl (C=O) groups excluding carboxylic acids is 2. The Balaban J connectivity index is 1.38. The Morgan fingerprint density at radius 2 is 1.56 bits per heavy atom. The molecule has 2 amide bonds. The topological polar surface area (TPSA) is 54.3 Å². The molecule has 1 N–H and O–H groups in total. The molecule has 1 aromatic heterocycles. The smallest absolute Gasteiger partial charge is 0.255 e. The molecular formula is C33H28ClN3O2. The SMILES string of the molecule is Cn1c(-c2ccccc2)c(C2c3ccccc3C(=O)N2CC(=O)NCCc2ccc(Cl)cc2)c2ccccc21. The van der Waals surface area contributed by atoms with E-state index in [-0.39, 0.29) is 18.4 Å². The molecule has 4 aromatic carbocycles. The Bertz CT molecular complexity index is 1680. The minimum Gasteiger partial charge on any atom is -0.354 e. The number of nitrogens with zero attached hydrogens (tertiary/aromatic N) is 2. The Labute approximate surface area is 232 Å². The van der Waals surface area contributed by atoms with Crippen molar-refractivity contribution in [2.45, 2.75) is 12.5 Å². The van der Waals surface area contributed by atoms with Crippen molar-refractivity contribution in [3.63, 3.8) is 0 Å². The third-order valence-electron chi connectivity index (χ3n) is 7.49. The highest BCUT2D eigenvalue weighted by Crippen LogP contribution is 2.46. The van der Waals surface area contributed by atoms with Crippen molar-refractivity contribution in [2.24, 2.45) is 7.05 Å². The number of hydrogen-bond donors (Lipinski definition) is 1. The number of halogens is 1. The van der Waals surface area contributed by atoms with Crippen LogP contribution in [-0.2, 0) is 18.3 Å². The summed E-state index contributed by atoms with van der Waals surface area (Å²) in [5.74, 6) is -0.313. The van der Waals surface area contributed by atoms with Gasteiger partial charge >= 0.3 is 0 Å². The molecule has 194 valence electrons. The molecule has 1 aliphatic rings. The van der Waals surface area contributed by atoms with E-state index in [1.54, 1.807) is 4.90 Å². The van der Waals surface area contributed by atoms with Gasteiger partial charge in [-0.05, 0) is 47.4 Å². The van der Waals surface area contributed by atoms with Gasteiger partial charge in [-0.1, -0.05) is 90.5 Å². The molecule has 0 fully saturated rings. The third-order valence-corrected chi connectivity index (χ3v) is 7.74. The lowest BCUT2D eigenvalue weighted by atomic mass is 9.93. The van der Waals surface area contributed by atoms with Gasteiger partial charge < -0.3 is 14.8 Å². The summed E-state index contributed by atoms with van der Waals surface area (Å²) in [5, 5.41) is 4.76. The van der Waals surface area contributed by atoms with Gasteiger partial charge in [0.05, 0.1) is 11.7 Å². The lowest BCUT2D eigenvalue weighted by Crippen LogP contribution is -2.40. The molecule has 1 aliphatic heterocycles. The van der Waals surface area contributed by atoms with Crippen LogP contribution in [0.1, 0.15) is 33.1 Å². The fourth-order valence-corrected chi connectivity index (χ4v) is 5.82. The van der Waals surface area contributed by atoms with Crippen LogP contribution >= 0.6 is 11.6 Å². The van der Waals surface area contributed by atoms with Gasteiger partial charge in [-0.25, -0.2) is 0 Å². The maximum atomic E-state index is 13.8. The van der Waals surface area contributed by atoms with Gasteiger partial charge in [-0.15, -0.1) is 0 Å². The summed E-state index contributed by atoms with van der Waals surface area (Å²) >= 11 is 5.99. The standard InChI is InChI=1S/C33H28ClN3O2/c1-36-28-14-8-7-13-27(28)30(31(36)23-9-3-2-4-10-23)32-25-11-5-6-12-26(25)33(39)37(32)21-29(38)35-20-19-22-15-17-24(34)18-16-22/h2-18,32H,19-21H2,1H3,(H,35,38). The largest absolute Gasteiger partial charge is 0.354 e. The third kappa shape index (κ3) is 4.59. The first-order valence-electron chi connectivity index (χ1n) is 13.1. The van der Waals surface area contributed by atoms with E-state index < -0.39 is 6.04 Å². The zero-order chi connectivity index (χ0) is 26.9. The van der Waals surface area contributed by atoms with Crippen LogP contribution in [-0.4, -0.2) is 34.4 Å². The molecule has 6 heteroatoms. The van der Waals surface area contributed by atoms with E-state index in [0.717, 1.165) is 38.9 Å². The van der Waals surface area contributed by atoms with E-state index in [0.29, 0.717) is 23.6 Å². The lowest BCUT2D eigenvalue weighted by Gasteiger charge is -2.26. The van der Waals surface area contributed by atoms with Crippen LogP contribution in [0.2, 0.25) is 5.02 Å². The zero-order valence-electron chi connectivity index (χ0n) is 21.6. The quantitative estimate of drug-likeness (QED) is 0.263. The number of carbonyl (C=O) groups is 2. The van der Waals surface area contributed by atoms with E-state index in [2.05, 4.69) is 41.2 Å². The molecule has 0 bridgehead atoms. The summed E-state index contributed by atoms with van der Waals surface area (Å²) in [5.41, 5.74) is 6.87. The molecule has 0 spiro atoms. The first-order valence-corrected chi connectivity index (χ1v) is 13.4. The van der Waals surface area contributed by atoms with Crippen molar-refractivity contribution < 1.29 is 9.59 Å². The molecule has 39 heavy (non-hydrogen) atoms. The molecule has 0 saturated carbocycles. The number of aromatic nitrogens is 1. The molecule has 6 rings (SSSR count). The van der Waals surface area contributed by atoms with Gasteiger partial charge in [0.15, 0.2) is 0 Å². The molecule has 0 radical (unpaired) electrons. The highest BCUT2D eigenvalue weighted by atomic mass is 35.5. The summed E-state index contributed by atoms with van der Waals surface area (Å²) in [6, 6.07) is 33.4. The van der Waals surface area contributed by atoms with Gasteiger partial charge in [-0.3, -0.25) is 9.59 Å². The average Bonchev–Trinajstić information content (AvgIpc) is 3.40. The molecule has 1 atom stereocenters. The molecule has 0 aliphatic carbocycles. The fourth-order valence-electron chi connectivity index (χ4n) is 5.70.